The Kier molecular flexibility index (Phi) is 4.19. The summed E-state index contributed by atoms with van der Waals surface area (Å²) in [4.78, 5) is 0. The predicted molar refractivity (Wildman–Crippen MR) is 60.3 cm³/mol. The van der Waals surface area contributed by atoms with E-state index in [1.807, 2.05) is 34.6 Å². The first kappa shape index (κ1) is 13.2. The van der Waals surface area contributed by atoms with E-state index in [0.717, 1.165) is 0 Å². The summed E-state index contributed by atoms with van der Waals surface area (Å²) in [7, 11) is 0. The van der Waals surface area contributed by atoms with Crippen LogP contribution >= 0.6 is 17.4 Å². The van der Waals surface area contributed by atoms with Gasteiger partial charge in [0.15, 0.2) is 0 Å². The van der Waals surface area contributed by atoms with Gasteiger partial charge in [-0.1, -0.05) is 0 Å². The monoisotopic (exact) mass is 223 g/mol. The van der Waals surface area contributed by atoms with Crippen molar-refractivity contribution in [1.82, 2.24) is 0 Å². The van der Waals surface area contributed by atoms with Crippen molar-refractivity contribution < 1.29 is 4.52 Å². The first-order valence-electron chi connectivity index (χ1n) is 4.62. The summed E-state index contributed by atoms with van der Waals surface area (Å²) >= 11 is 6.50. The molecule has 0 bridgehead atoms. The molecule has 0 atom stereocenters. The molecule has 0 rings (SSSR count). The third kappa shape index (κ3) is 1.99. The molecule has 0 aliphatic carbocycles. The molecule has 2 nitrogen and oxygen atoms in total. The van der Waals surface area contributed by atoms with Crippen LogP contribution in [0.5, 0.6) is 0 Å². The average Bonchev–Trinajstić information content (AvgIpc) is 2.04. The minimum absolute atomic E-state index is 0.0811. The van der Waals surface area contributed by atoms with E-state index in [2.05, 4.69) is 5.81 Å². The van der Waals surface area contributed by atoms with Crippen molar-refractivity contribution in [3.8, 4) is 5.81 Å². The third-order valence-corrected chi connectivity index (χ3v) is 10.4. The summed E-state index contributed by atoms with van der Waals surface area (Å²) in [5.41, 5.74) is 0.162. The fourth-order valence-corrected chi connectivity index (χ4v) is 4.54. The maximum absolute atomic E-state index is 9.26. The van der Waals surface area contributed by atoms with Crippen LogP contribution in [0.3, 0.4) is 0 Å². The van der Waals surface area contributed by atoms with Gasteiger partial charge in [0.1, 0.15) is 0 Å². The Morgan fingerprint density at radius 1 is 1.31 bits per heavy atom. The van der Waals surface area contributed by atoms with Crippen molar-refractivity contribution >= 4 is 17.4 Å². The number of halogens is 1. The molecule has 0 aromatic carbocycles. The molecule has 0 N–H and O–H groups in total. The van der Waals surface area contributed by atoms with Crippen molar-refractivity contribution in [3.63, 3.8) is 0 Å². The summed E-state index contributed by atoms with van der Waals surface area (Å²) in [6, 6.07) is 0. The number of rotatable bonds is 4. The molecule has 0 amide bonds. The first-order chi connectivity index (χ1) is 5.82. The van der Waals surface area contributed by atoms with E-state index in [9.17, 15) is 5.26 Å². The van der Waals surface area contributed by atoms with Crippen molar-refractivity contribution in [3.05, 3.63) is 0 Å². The molecular formula is C9H19ClNOP. The van der Waals surface area contributed by atoms with E-state index >= 15 is 0 Å². The van der Waals surface area contributed by atoms with Crippen LogP contribution in [0.4, 0.5) is 0 Å². The van der Waals surface area contributed by atoms with Gasteiger partial charge in [0.05, 0.1) is 0 Å². The molecule has 0 saturated heterocycles. The van der Waals surface area contributed by atoms with Crippen LogP contribution in [0.2, 0.25) is 0 Å². The van der Waals surface area contributed by atoms with Crippen LogP contribution in [0.15, 0.2) is 0 Å². The quantitative estimate of drug-likeness (QED) is 0.677. The van der Waals surface area contributed by atoms with Crippen molar-refractivity contribution in [2.45, 2.75) is 45.9 Å². The second kappa shape index (κ2) is 4.13. The summed E-state index contributed by atoms with van der Waals surface area (Å²) in [6.07, 6.45) is -3.12. The van der Waals surface area contributed by atoms with Gasteiger partial charge in [-0.25, -0.2) is 0 Å². The topological polar surface area (TPSA) is 33.0 Å². The Labute approximate surface area is 86.0 Å². The molecular weight excluding hydrogens is 205 g/mol. The van der Waals surface area contributed by atoms with Gasteiger partial charge in [0.2, 0.25) is 0 Å². The van der Waals surface area contributed by atoms with E-state index in [1.54, 1.807) is 0 Å². The van der Waals surface area contributed by atoms with E-state index in [4.69, 9.17) is 15.8 Å². The molecule has 0 radical (unpaired) electrons. The second-order valence-electron chi connectivity index (χ2n) is 3.76. The van der Waals surface area contributed by atoms with Crippen LogP contribution in [0, 0.1) is 11.1 Å². The van der Waals surface area contributed by atoms with Gasteiger partial charge < -0.3 is 0 Å². The molecule has 4 heteroatoms. The Bertz CT molecular complexity index is 214. The molecule has 0 heterocycles. The molecule has 13 heavy (non-hydrogen) atoms. The minimum atomic E-state index is -3.12. The van der Waals surface area contributed by atoms with Gasteiger partial charge >= 0.3 is 85.6 Å². The Morgan fingerprint density at radius 2 is 1.69 bits per heavy atom. The first-order valence-corrected chi connectivity index (χ1v) is 7.82. The third-order valence-electron chi connectivity index (χ3n) is 2.51. The molecule has 0 saturated carbocycles. The Hall–Kier alpha value is 0.170. The number of nitriles is 1. The summed E-state index contributed by atoms with van der Waals surface area (Å²) in [5, 5.41) is 9.26. The molecule has 0 aromatic rings. The van der Waals surface area contributed by atoms with Crippen LogP contribution in [0.25, 0.3) is 0 Å². The van der Waals surface area contributed by atoms with E-state index in [1.165, 1.54) is 0 Å². The summed E-state index contributed by atoms with van der Waals surface area (Å²) < 4.78 is 5.62. The van der Waals surface area contributed by atoms with Crippen LogP contribution in [-0.4, -0.2) is 17.9 Å². The fourth-order valence-electron chi connectivity index (χ4n) is 1.42. The number of hydrogen-bond donors (Lipinski definition) is 0. The fraction of sp³-hybridized carbons (Fsp3) is 0.889. The molecule has 0 fully saturated rings. The van der Waals surface area contributed by atoms with Crippen molar-refractivity contribution in [2.75, 3.05) is 6.61 Å². The van der Waals surface area contributed by atoms with E-state index in [-0.39, 0.29) is 11.3 Å². The molecule has 0 spiro atoms. The molecule has 0 aliphatic heterocycles. The zero-order chi connectivity index (χ0) is 10.7. The Morgan fingerprint density at radius 3 is 1.77 bits per heavy atom. The zero-order valence-electron chi connectivity index (χ0n) is 9.04. The maximum atomic E-state index is 9.26. The zero-order valence-corrected chi connectivity index (χ0v) is 10.7. The average molecular weight is 224 g/mol. The van der Waals surface area contributed by atoms with Crippen LogP contribution < -0.4 is 0 Å². The molecule has 78 valence electrons. The van der Waals surface area contributed by atoms with E-state index < -0.39 is 6.18 Å². The SMILES string of the molecule is CCOP(Cl)(C#N)(C(C)C)C(C)C. The van der Waals surface area contributed by atoms with E-state index in [0.29, 0.717) is 6.61 Å². The Balaban J connectivity index is 5.22. The van der Waals surface area contributed by atoms with Gasteiger partial charge in [0, 0.05) is 0 Å². The normalized spacial score (nSPS) is 15.5. The van der Waals surface area contributed by atoms with Crippen LogP contribution in [0.1, 0.15) is 34.6 Å². The van der Waals surface area contributed by atoms with Crippen molar-refractivity contribution in [2.24, 2.45) is 0 Å². The number of hydrogen-bond acceptors (Lipinski definition) is 2. The van der Waals surface area contributed by atoms with Gasteiger partial charge in [-0.3, -0.25) is 0 Å². The van der Waals surface area contributed by atoms with Crippen LogP contribution in [-0.2, 0) is 4.52 Å². The van der Waals surface area contributed by atoms with Gasteiger partial charge in [-0.2, -0.15) is 0 Å². The molecule has 0 unspecified atom stereocenters. The van der Waals surface area contributed by atoms with Crippen molar-refractivity contribution in [1.29, 1.82) is 5.26 Å². The second-order valence-corrected chi connectivity index (χ2v) is 10.5. The van der Waals surface area contributed by atoms with Gasteiger partial charge in [-0.15, -0.1) is 0 Å². The predicted octanol–water partition coefficient (Wildman–Crippen LogP) is 3.94. The summed E-state index contributed by atoms with van der Waals surface area (Å²) in [5.74, 6) is 2.27. The standard InChI is InChI=1S/C9H19ClNOP/c1-6-12-13(10,7-11,8(2)3)9(4)5/h8-9H,6H2,1-5H3. The molecule has 0 aliphatic rings. The number of nitrogens with zero attached hydrogens (tertiary/aromatic N) is 1. The summed E-state index contributed by atoms with van der Waals surface area (Å²) in [6.45, 7) is 10.2. The molecule has 0 aromatic heterocycles. The van der Waals surface area contributed by atoms with Gasteiger partial charge in [0.25, 0.3) is 0 Å². The van der Waals surface area contributed by atoms with Gasteiger partial charge in [-0.05, 0) is 0 Å².